The van der Waals surface area contributed by atoms with Crippen LogP contribution >= 0.6 is 11.3 Å². The second kappa shape index (κ2) is 29.2. The SMILES string of the molecule is CC[C@@H](C)C([C@@H](CC(=O)N1CCC[C@H]1[C@H](OC)[C@@H](C)C(=O)C[C@@H](Cc1ccccc1)c1nccs1)OC)N(C)C(=O)[C@@H](NC(=O)C(C(C)C)N(C)C(=O)CCOCCC(=O)Oc1c(F)c(F)c(F)c(F)c1F)C(C)C. The van der Waals surface area contributed by atoms with Crippen LogP contribution in [-0.2, 0) is 49.4 Å². The van der Waals surface area contributed by atoms with Crippen molar-refractivity contribution < 1.29 is 69.7 Å². The van der Waals surface area contributed by atoms with Crippen LogP contribution in [0, 0.1) is 52.8 Å². The lowest BCUT2D eigenvalue weighted by molar-refractivity contribution is -0.148. The minimum Gasteiger partial charge on any atom is -0.420 e. The Labute approximate surface area is 441 Å². The number of rotatable bonds is 29. The maximum atomic E-state index is 14.6. The van der Waals surface area contributed by atoms with Gasteiger partial charge in [-0.3, -0.25) is 28.8 Å². The van der Waals surface area contributed by atoms with E-state index in [9.17, 15) is 50.7 Å². The molecule has 1 N–H and O–H groups in total. The molecule has 9 atom stereocenters. The monoisotopic (exact) mass is 1080 g/mol. The Kier molecular flexibility index (Phi) is 24.2. The normalized spacial score (nSPS) is 16.9. The van der Waals surface area contributed by atoms with Gasteiger partial charge in [0.2, 0.25) is 58.5 Å². The largest absolute Gasteiger partial charge is 0.420 e. The Balaban J connectivity index is 1.39. The number of thiazole rings is 1. The first-order valence-corrected chi connectivity index (χ1v) is 26.3. The number of likely N-dealkylation sites (tertiary alicyclic amines) is 1. The molecule has 2 heterocycles. The molecule has 416 valence electrons. The fourth-order valence-electron chi connectivity index (χ4n) is 9.84. The number of nitrogens with one attached hydrogen (secondary N) is 1. The van der Waals surface area contributed by atoms with Crippen LogP contribution in [0.4, 0.5) is 22.0 Å². The molecule has 1 saturated heterocycles. The molecule has 0 bridgehead atoms. The summed E-state index contributed by atoms with van der Waals surface area (Å²) in [6.07, 6.45) is 2.25. The Bertz CT molecular complexity index is 2350. The topological polar surface area (TPSA) is 174 Å². The van der Waals surface area contributed by atoms with Crippen LogP contribution in [0.3, 0.4) is 0 Å². The first-order valence-electron chi connectivity index (χ1n) is 25.4. The molecule has 0 saturated carbocycles. The molecular weight excluding hydrogens is 1010 g/mol. The van der Waals surface area contributed by atoms with Crippen LogP contribution in [0.25, 0.3) is 0 Å². The average molecular weight is 1080 g/mol. The highest BCUT2D eigenvalue weighted by Gasteiger charge is 2.44. The van der Waals surface area contributed by atoms with E-state index < -0.39 is 120 Å². The van der Waals surface area contributed by atoms with Crippen molar-refractivity contribution in [3.63, 3.8) is 0 Å². The number of nitrogens with zero attached hydrogens (tertiary/aromatic N) is 4. The second-order valence-electron chi connectivity index (χ2n) is 19.9. The quantitative estimate of drug-likeness (QED) is 0.0178. The standard InChI is InChI=1S/C54H74F5N5O10S/c1-12-32(6)49(38(71-10)29-40(67)64-23-16-19-36(64)50(72-11)33(7)37(65)28-35(53-60-22-26-75-53)27-34-17-14-13-15-18-34)63(9)54(70)47(30(2)3)61-52(69)48(31(4)5)62(8)39(66)20-24-73-25-21-41(68)74-51-45(58)43(56)42(55)44(57)46(51)59/h13-15,17-18,22,26,30-33,35-36,38,47-50H,12,16,19-21,23-25,27-29H2,1-11H3,(H,61,69)/t32-,33+,35-,36+,38-,47+,48?,49?,50-/m1/s1. The van der Waals surface area contributed by atoms with E-state index in [0.717, 1.165) is 10.6 Å². The molecule has 1 aromatic heterocycles. The van der Waals surface area contributed by atoms with Gasteiger partial charge in [0, 0.05) is 64.7 Å². The third kappa shape index (κ3) is 16.1. The molecular formula is C54H74F5N5O10S. The van der Waals surface area contributed by atoms with E-state index in [-0.39, 0.29) is 55.4 Å². The maximum absolute atomic E-state index is 14.6. The first kappa shape index (κ1) is 62.2. The van der Waals surface area contributed by atoms with Crippen LogP contribution in [0.15, 0.2) is 41.9 Å². The van der Waals surface area contributed by atoms with Crippen molar-refractivity contribution in [2.24, 2.45) is 23.7 Å². The Morgan fingerprint density at radius 2 is 1.45 bits per heavy atom. The third-order valence-electron chi connectivity index (χ3n) is 14.2. The van der Waals surface area contributed by atoms with Crippen molar-refractivity contribution >= 4 is 46.7 Å². The molecule has 3 aromatic rings. The first-order chi connectivity index (χ1) is 35.5. The van der Waals surface area contributed by atoms with Gasteiger partial charge in [-0.2, -0.15) is 8.78 Å². The number of Topliss-reactive ketones (excluding diaryl/α,β-unsaturated/α-hetero) is 1. The van der Waals surface area contributed by atoms with Gasteiger partial charge in [0.05, 0.1) is 61.8 Å². The molecule has 21 heteroatoms. The van der Waals surface area contributed by atoms with Crippen LogP contribution in [-0.4, -0.2) is 140 Å². The van der Waals surface area contributed by atoms with Crippen molar-refractivity contribution in [2.45, 2.75) is 142 Å². The Morgan fingerprint density at radius 1 is 0.827 bits per heavy atom. The number of esters is 1. The Hall–Kier alpha value is -5.38. The summed E-state index contributed by atoms with van der Waals surface area (Å²) in [5.41, 5.74) is 1.10. The number of amides is 4. The van der Waals surface area contributed by atoms with Gasteiger partial charge in [0.25, 0.3) is 0 Å². The maximum Gasteiger partial charge on any atom is 0.313 e. The van der Waals surface area contributed by atoms with E-state index in [0.29, 0.717) is 32.2 Å². The zero-order chi connectivity index (χ0) is 55.8. The molecule has 75 heavy (non-hydrogen) atoms. The number of carbonyl (C=O) groups excluding carboxylic acids is 6. The highest BCUT2D eigenvalue weighted by Crippen LogP contribution is 2.34. The van der Waals surface area contributed by atoms with Crippen LogP contribution in [0.2, 0.25) is 0 Å². The van der Waals surface area contributed by atoms with Gasteiger partial charge in [-0.15, -0.1) is 11.3 Å². The van der Waals surface area contributed by atoms with Crippen molar-refractivity contribution in [1.82, 2.24) is 25.0 Å². The van der Waals surface area contributed by atoms with Gasteiger partial charge in [-0.25, -0.2) is 18.2 Å². The van der Waals surface area contributed by atoms with Gasteiger partial charge in [-0.1, -0.05) is 85.2 Å². The zero-order valence-corrected chi connectivity index (χ0v) is 45.7. The number of ketones is 1. The number of benzene rings is 2. The molecule has 1 fully saturated rings. The fourth-order valence-corrected chi connectivity index (χ4v) is 10.6. The van der Waals surface area contributed by atoms with Crippen LogP contribution < -0.4 is 10.1 Å². The van der Waals surface area contributed by atoms with Gasteiger partial charge in [0.1, 0.15) is 17.9 Å². The molecule has 0 spiro atoms. The summed E-state index contributed by atoms with van der Waals surface area (Å²) in [6.45, 7) is 12.5. The lowest BCUT2D eigenvalue weighted by Gasteiger charge is -2.41. The van der Waals surface area contributed by atoms with Crippen LogP contribution in [0.1, 0.15) is 110 Å². The van der Waals surface area contributed by atoms with Gasteiger partial charge in [-0.05, 0) is 42.6 Å². The lowest BCUT2D eigenvalue weighted by Crippen LogP contribution is -2.60. The molecule has 15 nitrogen and oxygen atoms in total. The number of likely N-dealkylation sites (N-methyl/N-ethyl adjacent to an activating group) is 2. The summed E-state index contributed by atoms with van der Waals surface area (Å²) >= 11 is 1.52. The molecule has 4 amide bonds. The van der Waals surface area contributed by atoms with Crippen molar-refractivity contribution in [3.05, 3.63) is 81.6 Å². The molecule has 1 aliphatic heterocycles. The predicted octanol–water partition coefficient (Wildman–Crippen LogP) is 8.07. The lowest BCUT2D eigenvalue weighted by atomic mass is 9.85. The van der Waals surface area contributed by atoms with Crippen molar-refractivity contribution in [3.8, 4) is 5.75 Å². The molecule has 0 aliphatic carbocycles. The Morgan fingerprint density at radius 3 is 2.01 bits per heavy atom. The number of methoxy groups -OCH3 is 2. The molecule has 1 aliphatic rings. The van der Waals surface area contributed by atoms with Crippen molar-refractivity contribution in [1.29, 1.82) is 0 Å². The van der Waals surface area contributed by atoms with Crippen LogP contribution in [0.5, 0.6) is 5.75 Å². The molecule has 0 radical (unpaired) electrons. The van der Waals surface area contributed by atoms with Gasteiger partial charge in [0.15, 0.2) is 0 Å². The summed E-state index contributed by atoms with van der Waals surface area (Å²) in [5.74, 6) is -18.2. The summed E-state index contributed by atoms with van der Waals surface area (Å²) < 4.78 is 90.1. The number of ether oxygens (including phenoxy) is 4. The molecule has 2 unspecified atom stereocenters. The van der Waals surface area contributed by atoms with E-state index in [1.54, 1.807) is 52.9 Å². The van der Waals surface area contributed by atoms with Gasteiger partial charge < -0.3 is 39.0 Å². The predicted molar refractivity (Wildman–Crippen MR) is 271 cm³/mol. The summed E-state index contributed by atoms with van der Waals surface area (Å²) in [7, 11) is 6.09. The van der Waals surface area contributed by atoms with E-state index in [2.05, 4.69) is 15.0 Å². The summed E-state index contributed by atoms with van der Waals surface area (Å²) in [5, 5.41) is 5.67. The number of hydrogen-bond acceptors (Lipinski definition) is 12. The fraction of sp³-hybridized carbons (Fsp3) is 0.611. The third-order valence-corrected chi connectivity index (χ3v) is 15.1. The van der Waals surface area contributed by atoms with Gasteiger partial charge >= 0.3 is 5.97 Å². The van der Waals surface area contributed by atoms with E-state index in [4.69, 9.17) is 14.2 Å². The number of halogens is 5. The minimum atomic E-state index is -2.41. The summed E-state index contributed by atoms with van der Waals surface area (Å²) in [4.78, 5) is 91.9. The molecule has 4 rings (SSSR count). The number of carbonyl (C=O) groups is 6. The highest BCUT2D eigenvalue weighted by atomic mass is 32.1. The highest BCUT2D eigenvalue weighted by molar-refractivity contribution is 7.09. The number of aromatic nitrogens is 1. The second-order valence-corrected chi connectivity index (χ2v) is 20.9. The van der Waals surface area contributed by atoms with Crippen molar-refractivity contribution in [2.75, 3.05) is 48.1 Å². The number of hydrogen-bond donors (Lipinski definition) is 1. The minimum absolute atomic E-state index is 0.0173. The molecule has 2 aromatic carbocycles. The average Bonchev–Trinajstić information content (AvgIpc) is 4.11. The summed E-state index contributed by atoms with van der Waals surface area (Å²) in [6, 6.07) is 6.86. The smallest absolute Gasteiger partial charge is 0.313 e. The van der Waals surface area contributed by atoms with E-state index in [1.807, 2.05) is 56.5 Å². The van der Waals surface area contributed by atoms with E-state index >= 15 is 0 Å². The zero-order valence-electron chi connectivity index (χ0n) is 44.8. The van der Waals surface area contributed by atoms with E-state index in [1.165, 1.54) is 35.3 Å².